The first-order valence-electron chi connectivity index (χ1n) is 12.8. The molecular formula is C27H34N8O2. The standard InChI is InChI=1S/C27H34N8O2/c1-18(2)33-17-22(10-11-24(33)36)35-25-23(26(37)34(35)19(3)4)16-28-27(30-25)29-20-6-8-21(9-7-20)32-14-12-31(5)13-15-32/h6-11,16-19H,12-15H2,1-5H3,(H,28,29,30). The number of benzene rings is 1. The Morgan fingerprint density at radius 1 is 0.865 bits per heavy atom. The van der Waals surface area contributed by atoms with Gasteiger partial charge in [-0.1, -0.05) is 0 Å². The fourth-order valence-corrected chi connectivity index (χ4v) is 4.74. The van der Waals surface area contributed by atoms with E-state index >= 15 is 0 Å². The van der Waals surface area contributed by atoms with E-state index in [0.717, 1.165) is 31.9 Å². The van der Waals surface area contributed by atoms with Gasteiger partial charge in [0.15, 0.2) is 5.65 Å². The highest BCUT2D eigenvalue weighted by molar-refractivity contribution is 5.77. The van der Waals surface area contributed by atoms with Gasteiger partial charge < -0.3 is 19.7 Å². The third kappa shape index (κ3) is 4.76. The van der Waals surface area contributed by atoms with Crippen LogP contribution in [0.4, 0.5) is 17.3 Å². The summed E-state index contributed by atoms with van der Waals surface area (Å²) < 4.78 is 5.08. The summed E-state index contributed by atoms with van der Waals surface area (Å²) in [6.07, 6.45) is 3.34. The second-order valence-corrected chi connectivity index (χ2v) is 10.2. The molecule has 10 nitrogen and oxygen atoms in total. The number of nitrogens with one attached hydrogen (secondary N) is 1. The lowest BCUT2D eigenvalue weighted by Gasteiger charge is -2.34. The summed E-state index contributed by atoms with van der Waals surface area (Å²) in [4.78, 5) is 39.6. The lowest BCUT2D eigenvalue weighted by atomic mass is 10.2. The van der Waals surface area contributed by atoms with E-state index in [9.17, 15) is 9.59 Å². The van der Waals surface area contributed by atoms with Crippen molar-refractivity contribution in [1.82, 2.24) is 28.8 Å². The van der Waals surface area contributed by atoms with Crippen LogP contribution in [0, 0.1) is 0 Å². The monoisotopic (exact) mass is 502 g/mol. The van der Waals surface area contributed by atoms with Crippen LogP contribution in [0.25, 0.3) is 16.7 Å². The second kappa shape index (κ2) is 9.85. The number of likely N-dealkylation sites (N-methyl/N-ethyl adjacent to an activating group) is 1. The van der Waals surface area contributed by atoms with Gasteiger partial charge in [0.1, 0.15) is 5.39 Å². The number of hydrogen-bond donors (Lipinski definition) is 1. The van der Waals surface area contributed by atoms with Crippen molar-refractivity contribution in [3.8, 4) is 5.69 Å². The number of anilines is 3. The molecule has 0 saturated carbocycles. The fraction of sp³-hybridized carbons (Fsp3) is 0.407. The predicted octanol–water partition coefficient (Wildman–Crippen LogP) is 3.40. The molecule has 0 radical (unpaired) electrons. The molecule has 0 amide bonds. The number of piperazine rings is 1. The molecule has 1 saturated heterocycles. The van der Waals surface area contributed by atoms with Crippen molar-refractivity contribution in [2.45, 2.75) is 39.8 Å². The highest BCUT2D eigenvalue weighted by Gasteiger charge is 2.20. The molecule has 3 aromatic heterocycles. The summed E-state index contributed by atoms with van der Waals surface area (Å²) >= 11 is 0. The number of pyridine rings is 1. The first-order chi connectivity index (χ1) is 17.7. The SMILES string of the molecule is CC(C)n1cc(-n2c3nc(Nc4ccc(N5CCN(C)CC5)cc4)ncc3c(=O)n2C(C)C)ccc1=O. The highest BCUT2D eigenvalue weighted by atomic mass is 16.1. The largest absolute Gasteiger partial charge is 0.369 e. The van der Waals surface area contributed by atoms with E-state index in [1.165, 1.54) is 11.8 Å². The molecule has 194 valence electrons. The molecule has 4 heterocycles. The molecule has 0 aliphatic carbocycles. The Morgan fingerprint density at radius 3 is 2.19 bits per heavy atom. The van der Waals surface area contributed by atoms with Crippen molar-refractivity contribution in [3.05, 3.63) is 69.5 Å². The van der Waals surface area contributed by atoms with Gasteiger partial charge in [0, 0.05) is 68.1 Å². The van der Waals surface area contributed by atoms with Gasteiger partial charge in [0.25, 0.3) is 11.1 Å². The van der Waals surface area contributed by atoms with E-state index in [0.29, 0.717) is 22.7 Å². The molecule has 37 heavy (non-hydrogen) atoms. The summed E-state index contributed by atoms with van der Waals surface area (Å²) in [5.74, 6) is 0.395. The normalized spacial score (nSPS) is 14.7. The Kier molecular flexibility index (Phi) is 6.59. The molecule has 1 aliphatic rings. The maximum atomic E-state index is 13.3. The minimum Gasteiger partial charge on any atom is -0.369 e. The number of rotatable bonds is 6. The lowest BCUT2D eigenvalue weighted by molar-refractivity contribution is 0.313. The van der Waals surface area contributed by atoms with Crippen LogP contribution in [0.3, 0.4) is 0 Å². The Labute approximate surface area is 215 Å². The summed E-state index contributed by atoms with van der Waals surface area (Å²) in [6.45, 7) is 11.9. The first-order valence-corrected chi connectivity index (χ1v) is 12.8. The van der Waals surface area contributed by atoms with Gasteiger partial charge in [0.05, 0.1) is 5.69 Å². The zero-order valence-electron chi connectivity index (χ0n) is 22.0. The van der Waals surface area contributed by atoms with E-state index in [2.05, 4.69) is 39.3 Å². The molecule has 0 atom stereocenters. The maximum absolute atomic E-state index is 13.3. The van der Waals surface area contributed by atoms with E-state index < -0.39 is 0 Å². The van der Waals surface area contributed by atoms with Crippen LogP contribution in [-0.4, -0.2) is 62.0 Å². The molecule has 10 heteroatoms. The first kappa shape index (κ1) is 24.8. The molecule has 0 unspecified atom stereocenters. The van der Waals surface area contributed by atoms with E-state index in [1.54, 1.807) is 32.4 Å². The van der Waals surface area contributed by atoms with Crippen LogP contribution >= 0.6 is 0 Å². The van der Waals surface area contributed by atoms with Gasteiger partial charge in [-0.25, -0.2) is 14.3 Å². The molecule has 0 spiro atoms. The van der Waals surface area contributed by atoms with E-state index in [-0.39, 0.29) is 23.2 Å². The van der Waals surface area contributed by atoms with Crippen LogP contribution < -0.4 is 21.3 Å². The van der Waals surface area contributed by atoms with Crippen LogP contribution in [0.2, 0.25) is 0 Å². The third-order valence-electron chi connectivity index (χ3n) is 6.83. The smallest absolute Gasteiger partial charge is 0.278 e. The van der Waals surface area contributed by atoms with Crippen molar-refractivity contribution >= 4 is 28.4 Å². The number of nitrogens with zero attached hydrogens (tertiary/aromatic N) is 7. The molecule has 1 aromatic carbocycles. The highest BCUT2D eigenvalue weighted by Crippen LogP contribution is 2.23. The number of aromatic nitrogens is 5. The van der Waals surface area contributed by atoms with Gasteiger partial charge in [-0.15, -0.1) is 0 Å². The molecular weight excluding hydrogens is 468 g/mol. The van der Waals surface area contributed by atoms with Gasteiger partial charge in [0.2, 0.25) is 5.95 Å². The van der Waals surface area contributed by atoms with Gasteiger partial charge >= 0.3 is 0 Å². The predicted molar refractivity (Wildman–Crippen MR) is 148 cm³/mol. The van der Waals surface area contributed by atoms with Crippen molar-refractivity contribution in [2.24, 2.45) is 0 Å². The Hall–Kier alpha value is -3.92. The third-order valence-corrected chi connectivity index (χ3v) is 6.83. The van der Waals surface area contributed by atoms with E-state index in [1.807, 2.05) is 39.8 Å². The number of fused-ring (bicyclic) bond motifs is 1. The van der Waals surface area contributed by atoms with Gasteiger partial charge in [-0.2, -0.15) is 4.98 Å². The second-order valence-electron chi connectivity index (χ2n) is 10.2. The minimum absolute atomic E-state index is 0.0193. The topological polar surface area (TPSA) is 93.2 Å². The number of hydrogen-bond acceptors (Lipinski definition) is 7. The van der Waals surface area contributed by atoms with Gasteiger partial charge in [-0.05, 0) is 65.1 Å². The summed E-state index contributed by atoms with van der Waals surface area (Å²) in [7, 11) is 2.15. The van der Waals surface area contributed by atoms with Crippen molar-refractivity contribution < 1.29 is 0 Å². The van der Waals surface area contributed by atoms with Crippen molar-refractivity contribution in [1.29, 1.82) is 0 Å². The van der Waals surface area contributed by atoms with Crippen molar-refractivity contribution in [3.63, 3.8) is 0 Å². The lowest BCUT2D eigenvalue weighted by Crippen LogP contribution is -2.44. The van der Waals surface area contributed by atoms with Gasteiger partial charge in [-0.3, -0.25) is 9.59 Å². The summed E-state index contributed by atoms with van der Waals surface area (Å²) in [6, 6.07) is 11.4. The minimum atomic E-state index is -0.171. The molecule has 4 aromatic rings. The molecule has 1 N–H and O–H groups in total. The molecule has 1 fully saturated rings. The van der Waals surface area contributed by atoms with Crippen LogP contribution in [0.1, 0.15) is 39.8 Å². The summed E-state index contributed by atoms with van der Waals surface area (Å²) in [5, 5.41) is 3.70. The van der Waals surface area contributed by atoms with Crippen LogP contribution in [0.5, 0.6) is 0 Å². The maximum Gasteiger partial charge on any atom is 0.278 e. The average molecular weight is 503 g/mol. The molecule has 0 bridgehead atoms. The summed E-state index contributed by atoms with van der Waals surface area (Å²) in [5.41, 5.74) is 2.97. The van der Waals surface area contributed by atoms with Crippen LogP contribution in [-0.2, 0) is 0 Å². The Morgan fingerprint density at radius 2 is 1.54 bits per heavy atom. The van der Waals surface area contributed by atoms with Crippen LogP contribution in [0.15, 0.2) is 58.4 Å². The zero-order chi connectivity index (χ0) is 26.3. The Balaban J connectivity index is 1.51. The molecule has 1 aliphatic heterocycles. The Bertz CT molecular complexity index is 1520. The zero-order valence-corrected chi connectivity index (χ0v) is 22.0. The van der Waals surface area contributed by atoms with Crippen molar-refractivity contribution in [2.75, 3.05) is 43.4 Å². The fourth-order valence-electron chi connectivity index (χ4n) is 4.74. The quantitative estimate of drug-likeness (QED) is 0.432. The average Bonchev–Trinajstić information content (AvgIpc) is 3.17. The van der Waals surface area contributed by atoms with E-state index in [4.69, 9.17) is 4.98 Å². The molecule has 5 rings (SSSR count).